The average Bonchev–Trinajstić information content (AvgIpc) is 3.74. The fourth-order valence-corrected chi connectivity index (χ4v) is 9.18. The molecule has 0 N–H and O–H groups in total. The molecule has 0 saturated carbocycles. The van der Waals surface area contributed by atoms with E-state index in [9.17, 15) is 0 Å². The van der Waals surface area contributed by atoms with Gasteiger partial charge in [-0.25, -0.2) is 0 Å². The number of benzene rings is 9. The largest absolute Gasteiger partial charge is 0.455 e. The minimum Gasteiger partial charge on any atom is -0.455 e. The number of para-hydroxylation sites is 2. The molecule has 9 aromatic carbocycles. The second-order valence-corrected chi connectivity index (χ2v) is 15.3. The van der Waals surface area contributed by atoms with E-state index in [1.54, 1.807) is 0 Å². The van der Waals surface area contributed by atoms with E-state index in [0.717, 1.165) is 44.3 Å². The summed E-state index contributed by atoms with van der Waals surface area (Å²) in [7, 11) is 0. The molecule has 260 valence electrons. The van der Waals surface area contributed by atoms with Crippen LogP contribution in [0.1, 0.15) is 25.0 Å². The van der Waals surface area contributed by atoms with Crippen LogP contribution in [0.3, 0.4) is 0 Å². The van der Waals surface area contributed by atoms with Gasteiger partial charge in [0.1, 0.15) is 11.2 Å². The lowest BCUT2D eigenvalue weighted by molar-refractivity contribution is 0.660. The Hall–Kier alpha value is -6.90. The predicted octanol–water partition coefficient (Wildman–Crippen LogP) is 15.0. The highest BCUT2D eigenvalue weighted by atomic mass is 16.3. The van der Waals surface area contributed by atoms with Gasteiger partial charge in [0.2, 0.25) is 0 Å². The SMILES string of the molecule is CC1(C)c2ccccc2-c2c(N(c3ccc(-c4cccc5c4ccc4c6ccccc6oc54)cc3)c3ccccc3-c3ccc4ccccc4c3)cccc21. The van der Waals surface area contributed by atoms with Crippen molar-refractivity contribution < 1.29 is 4.42 Å². The van der Waals surface area contributed by atoms with Crippen molar-refractivity contribution >= 4 is 60.5 Å². The van der Waals surface area contributed by atoms with Crippen molar-refractivity contribution in [2.75, 3.05) is 4.90 Å². The quantitative estimate of drug-likeness (QED) is 0.177. The van der Waals surface area contributed by atoms with Gasteiger partial charge in [0.15, 0.2) is 0 Å². The van der Waals surface area contributed by atoms with E-state index in [-0.39, 0.29) is 5.41 Å². The van der Waals surface area contributed by atoms with E-state index in [0.29, 0.717) is 0 Å². The third kappa shape index (κ3) is 4.81. The molecule has 0 radical (unpaired) electrons. The maximum absolute atomic E-state index is 6.45. The van der Waals surface area contributed by atoms with Crippen molar-refractivity contribution in [2.45, 2.75) is 19.3 Å². The second-order valence-electron chi connectivity index (χ2n) is 15.3. The van der Waals surface area contributed by atoms with E-state index >= 15 is 0 Å². The van der Waals surface area contributed by atoms with Gasteiger partial charge in [0, 0.05) is 38.4 Å². The minimum absolute atomic E-state index is 0.116. The molecular formula is C53H37NO. The van der Waals surface area contributed by atoms with Gasteiger partial charge in [-0.3, -0.25) is 0 Å². The Morgan fingerprint density at radius 3 is 1.93 bits per heavy atom. The fourth-order valence-electron chi connectivity index (χ4n) is 9.18. The molecule has 0 atom stereocenters. The van der Waals surface area contributed by atoms with Crippen LogP contribution in [0.2, 0.25) is 0 Å². The number of hydrogen-bond acceptors (Lipinski definition) is 2. The van der Waals surface area contributed by atoms with Gasteiger partial charge in [-0.1, -0.05) is 159 Å². The zero-order valence-electron chi connectivity index (χ0n) is 30.8. The van der Waals surface area contributed by atoms with Gasteiger partial charge < -0.3 is 9.32 Å². The van der Waals surface area contributed by atoms with Crippen LogP contribution >= 0.6 is 0 Å². The minimum atomic E-state index is -0.116. The standard InChI is InChI=1S/C53H37NO/c1-53(2)46-20-8-5-17-45(46)51-47(53)21-12-23-49(51)54(48-22-9-6-15-40(48)37-26-25-34-13-3-4-14-36(34)33-37)38-29-27-35(28-30-38)39-18-11-19-43-41(39)31-32-44-42-16-7-10-24-50(42)55-52(43)44/h3-33H,1-2H3. The molecule has 55 heavy (non-hydrogen) atoms. The van der Waals surface area contributed by atoms with Gasteiger partial charge in [-0.2, -0.15) is 0 Å². The van der Waals surface area contributed by atoms with Crippen LogP contribution < -0.4 is 4.90 Å². The number of furan rings is 1. The Morgan fingerprint density at radius 1 is 0.418 bits per heavy atom. The lowest BCUT2D eigenvalue weighted by Crippen LogP contribution is -2.16. The van der Waals surface area contributed by atoms with Crippen LogP contribution in [0, 0.1) is 0 Å². The zero-order valence-corrected chi connectivity index (χ0v) is 30.8. The molecule has 0 bridgehead atoms. The van der Waals surface area contributed by atoms with E-state index in [2.05, 4.69) is 201 Å². The van der Waals surface area contributed by atoms with Gasteiger partial charge >= 0.3 is 0 Å². The zero-order chi connectivity index (χ0) is 36.7. The van der Waals surface area contributed by atoms with Crippen LogP contribution in [0.25, 0.3) is 76.9 Å². The lowest BCUT2D eigenvalue weighted by Gasteiger charge is -2.30. The molecular weight excluding hydrogens is 667 g/mol. The third-order valence-corrected chi connectivity index (χ3v) is 11.9. The molecule has 0 fully saturated rings. The molecule has 0 saturated heterocycles. The Bertz CT molecular complexity index is 3130. The molecule has 2 nitrogen and oxygen atoms in total. The molecule has 1 aliphatic carbocycles. The van der Waals surface area contributed by atoms with E-state index in [4.69, 9.17) is 4.42 Å². The van der Waals surface area contributed by atoms with Crippen molar-refractivity contribution in [3.8, 4) is 33.4 Å². The van der Waals surface area contributed by atoms with Crippen LogP contribution in [-0.2, 0) is 5.41 Å². The summed E-state index contributed by atoms with van der Waals surface area (Å²) in [5.74, 6) is 0. The van der Waals surface area contributed by atoms with E-state index < -0.39 is 0 Å². The topological polar surface area (TPSA) is 16.4 Å². The van der Waals surface area contributed by atoms with Crippen LogP contribution in [-0.4, -0.2) is 0 Å². The third-order valence-electron chi connectivity index (χ3n) is 11.9. The molecule has 0 aliphatic heterocycles. The van der Waals surface area contributed by atoms with Crippen molar-refractivity contribution in [1.82, 2.24) is 0 Å². The van der Waals surface area contributed by atoms with Crippen molar-refractivity contribution in [1.29, 1.82) is 0 Å². The van der Waals surface area contributed by atoms with Gasteiger partial charge in [-0.05, 0) is 92.0 Å². The molecule has 0 spiro atoms. The molecule has 1 aromatic heterocycles. The summed E-state index contributed by atoms with van der Waals surface area (Å²) in [6, 6.07) is 68.5. The molecule has 10 aromatic rings. The van der Waals surface area contributed by atoms with Crippen molar-refractivity contribution in [3.05, 3.63) is 199 Å². The summed E-state index contributed by atoms with van der Waals surface area (Å²) in [4.78, 5) is 2.48. The number of nitrogens with zero attached hydrogens (tertiary/aromatic N) is 1. The number of anilines is 3. The fraction of sp³-hybridized carbons (Fsp3) is 0.0566. The van der Waals surface area contributed by atoms with Crippen LogP contribution in [0.4, 0.5) is 17.1 Å². The first-order chi connectivity index (χ1) is 27.0. The van der Waals surface area contributed by atoms with E-state index in [1.165, 1.54) is 60.8 Å². The Kier molecular flexibility index (Phi) is 6.93. The average molecular weight is 704 g/mol. The maximum Gasteiger partial charge on any atom is 0.143 e. The summed E-state index contributed by atoms with van der Waals surface area (Å²) in [6.07, 6.45) is 0. The number of fused-ring (bicyclic) bond motifs is 9. The molecule has 0 unspecified atom stereocenters. The Balaban J connectivity index is 1.11. The summed E-state index contributed by atoms with van der Waals surface area (Å²) < 4.78 is 6.45. The molecule has 1 aliphatic rings. The molecule has 0 amide bonds. The van der Waals surface area contributed by atoms with E-state index in [1.807, 2.05) is 6.07 Å². The summed E-state index contributed by atoms with van der Waals surface area (Å²) in [6.45, 7) is 4.71. The summed E-state index contributed by atoms with van der Waals surface area (Å²) in [5.41, 5.74) is 15.2. The normalized spacial score (nSPS) is 13.1. The van der Waals surface area contributed by atoms with Crippen LogP contribution in [0.5, 0.6) is 0 Å². The number of hydrogen-bond donors (Lipinski definition) is 0. The van der Waals surface area contributed by atoms with Gasteiger partial charge in [0.05, 0.1) is 11.4 Å². The first kappa shape index (κ1) is 31.6. The Labute approximate surface area is 320 Å². The highest BCUT2D eigenvalue weighted by Crippen LogP contribution is 2.55. The van der Waals surface area contributed by atoms with Gasteiger partial charge in [0.25, 0.3) is 0 Å². The first-order valence-corrected chi connectivity index (χ1v) is 19.1. The smallest absolute Gasteiger partial charge is 0.143 e. The maximum atomic E-state index is 6.45. The van der Waals surface area contributed by atoms with Crippen LogP contribution in [0.15, 0.2) is 192 Å². The molecule has 2 heteroatoms. The van der Waals surface area contributed by atoms with Crippen molar-refractivity contribution in [2.24, 2.45) is 0 Å². The first-order valence-electron chi connectivity index (χ1n) is 19.1. The van der Waals surface area contributed by atoms with Gasteiger partial charge in [-0.15, -0.1) is 0 Å². The summed E-state index contributed by atoms with van der Waals surface area (Å²) in [5, 5.41) is 7.08. The monoisotopic (exact) mass is 703 g/mol. The Morgan fingerprint density at radius 2 is 1.04 bits per heavy atom. The highest BCUT2D eigenvalue weighted by molar-refractivity contribution is 6.17. The number of rotatable bonds is 5. The predicted molar refractivity (Wildman–Crippen MR) is 232 cm³/mol. The summed E-state index contributed by atoms with van der Waals surface area (Å²) >= 11 is 0. The van der Waals surface area contributed by atoms with Crippen molar-refractivity contribution in [3.63, 3.8) is 0 Å². The molecule has 1 heterocycles. The second kappa shape index (κ2) is 12.1. The molecule has 11 rings (SSSR count). The highest BCUT2D eigenvalue weighted by Gasteiger charge is 2.38. The lowest BCUT2D eigenvalue weighted by atomic mass is 9.82.